The number of nitrogens with zero attached hydrogens (tertiary/aromatic N) is 2. The summed E-state index contributed by atoms with van der Waals surface area (Å²) in [6, 6.07) is 9.56. The second kappa shape index (κ2) is 9.11. The highest BCUT2D eigenvalue weighted by atomic mass is 35.5. The summed E-state index contributed by atoms with van der Waals surface area (Å²) >= 11 is 6.61. The number of benzene rings is 1. The fourth-order valence-corrected chi connectivity index (χ4v) is 3.27. The van der Waals surface area contributed by atoms with Crippen LogP contribution in [-0.4, -0.2) is 23.2 Å². The molecule has 1 heterocycles. The number of aromatic nitrogens is 1. The van der Waals surface area contributed by atoms with Gasteiger partial charge in [0, 0.05) is 17.3 Å². The van der Waals surface area contributed by atoms with Crippen LogP contribution >= 0.6 is 23.4 Å². The van der Waals surface area contributed by atoms with Crippen molar-refractivity contribution >= 4 is 29.3 Å². The van der Waals surface area contributed by atoms with Gasteiger partial charge in [-0.05, 0) is 37.1 Å². The summed E-state index contributed by atoms with van der Waals surface area (Å²) in [6.45, 7) is 1.79. The highest BCUT2D eigenvalue weighted by Crippen LogP contribution is 2.35. The Labute approximate surface area is 163 Å². The molecule has 0 spiro atoms. The number of carbonyl (C=O) groups is 1. The van der Waals surface area contributed by atoms with E-state index in [0.29, 0.717) is 18.0 Å². The summed E-state index contributed by atoms with van der Waals surface area (Å²) in [5.41, 5.74) is -0.475. The summed E-state index contributed by atoms with van der Waals surface area (Å²) in [4.78, 5) is 15.9. The van der Waals surface area contributed by atoms with Gasteiger partial charge in [-0.1, -0.05) is 35.5 Å². The van der Waals surface area contributed by atoms with E-state index in [-0.39, 0.29) is 22.4 Å². The van der Waals surface area contributed by atoms with Crippen LogP contribution in [0.25, 0.3) is 0 Å². The van der Waals surface area contributed by atoms with E-state index in [1.807, 2.05) is 12.1 Å². The van der Waals surface area contributed by atoms with Crippen LogP contribution in [-0.2, 0) is 17.4 Å². The smallest absolute Gasteiger partial charge is 0.355 e. The molecule has 2 rings (SSSR count). The molecular weight excluding hydrogens is 399 g/mol. The van der Waals surface area contributed by atoms with Gasteiger partial charge in [0.05, 0.1) is 16.9 Å². The first-order chi connectivity index (χ1) is 12.7. The van der Waals surface area contributed by atoms with Gasteiger partial charge in [0.25, 0.3) is 0 Å². The Morgan fingerprint density at radius 2 is 2.00 bits per heavy atom. The van der Waals surface area contributed by atoms with Crippen LogP contribution in [0.2, 0.25) is 5.02 Å². The summed E-state index contributed by atoms with van der Waals surface area (Å²) in [5.74, 6) is -0.488. The number of nitriles is 1. The van der Waals surface area contributed by atoms with Crippen molar-refractivity contribution in [1.82, 2.24) is 10.3 Å². The van der Waals surface area contributed by atoms with E-state index in [1.165, 1.54) is 6.92 Å². The fraction of sp³-hybridized carbons (Fsp3) is 0.278. The number of nitrogens with one attached hydrogen (secondary N) is 1. The zero-order valence-electron chi connectivity index (χ0n) is 14.2. The van der Waals surface area contributed by atoms with Gasteiger partial charge in [-0.15, -0.1) is 0 Å². The van der Waals surface area contributed by atoms with Gasteiger partial charge in [0.2, 0.25) is 5.91 Å². The number of alkyl halides is 3. The quantitative estimate of drug-likeness (QED) is 0.713. The number of carbonyl (C=O) groups excluding carboxylic acids is 1. The number of pyridine rings is 1. The van der Waals surface area contributed by atoms with Crippen LogP contribution in [0, 0.1) is 18.3 Å². The molecule has 142 valence electrons. The molecule has 27 heavy (non-hydrogen) atoms. The predicted molar refractivity (Wildman–Crippen MR) is 97.6 cm³/mol. The molecule has 1 aromatic carbocycles. The van der Waals surface area contributed by atoms with Gasteiger partial charge >= 0.3 is 6.18 Å². The molecule has 0 atom stereocenters. The molecule has 1 amide bonds. The van der Waals surface area contributed by atoms with Gasteiger partial charge in [-0.25, -0.2) is 4.98 Å². The zero-order chi connectivity index (χ0) is 20.0. The topological polar surface area (TPSA) is 65.8 Å². The molecule has 0 fully saturated rings. The van der Waals surface area contributed by atoms with Crippen molar-refractivity contribution in [2.24, 2.45) is 0 Å². The molecule has 0 unspecified atom stereocenters. The molecule has 2 aromatic rings. The molecular formula is C18H15ClF3N3OS. The van der Waals surface area contributed by atoms with E-state index in [1.54, 1.807) is 18.2 Å². The second-order valence-corrected chi connectivity index (χ2v) is 7.02. The number of thioether (sulfide) groups is 1. The lowest BCUT2D eigenvalue weighted by Gasteiger charge is -2.12. The first kappa shape index (κ1) is 21.1. The van der Waals surface area contributed by atoms with E-state index in [0.717, 1.165) is 23.4 Å². The number of rotatable bonds is 6. The summed E-state index contributed by atoms with van der Waals surface area (Å²) in [7, 11) is 0. The van der Waals surface area contributed by atoms with Crippen LogP contribution in [0.15, 0.2) is 35.4 Å². The minimum atomic E-state index is -4.66. The van der Waals surface area contributed by atoms with Crippen molar-refractivity contribution in [3.63, 3.8) is 0 Å². The third-order valence-electron chi connectivity index (χ3n) is 3.52. The van der Waals surface area contributed by atoms with Crippen LogP contribution < -0.4 is 5.32 Å². The zero-order valence-corrected chi connectivity index (χ0v) is 15.8. The summed E-state index contributed by atoms with van der Waals surface area (Å²) in [5, 5.41) is 12.3. The Balaban J connectivity index is 1.95. The van der Waals surface area contributed by atoms with Gasteiger partial charge in [0.15, 0.2) is 0 Å². The van der Waals surface area contributed by atoms with Gasteiger partial charge < -0.3 is 5.32 Å². The molecule has 0 bridgehead atoms. The first-order valence-corrected chi connectivity index (χ1v) is 9.20. The van der Waals surface area contributed by atoms with Crippen LogP contribution in [0.4, 0.5) is 13.2 Å². The molecule has 9 heteroatoms. The minimum absolute atomic E-state index is 0.0994. The largest absolute Gasteiger partial charge is 0.417 e. The molecule has 0 saturated heterocycles. The Morgan fingerprint density at radius 1 is 1.33 bits per heavy atom. The van der Waals surface area contributed by atoms with Crippen LogP contribution in [0.1, 0.15) is 22.4 Å². The average molecular weight is 414 g/mol. The van der Waals surface area contributed by atoms with Gasteiger partial charge in [-0.3, -0.25) is 4.79 Å². The highest BCUT2D eigenvalue weighted by Gasteiger charge is 2.35. The van der Waals surface area contributed by atoms with Crippen LogP contribution in [0.5, 0.6) is 0 Å². The lowest BCUT2D eigenvalue weighted by Crippen LogP contribution is -2.27. The lowest BCUT2D eigenvalue weighted by atomic mass is 10.1. The van der Waals surface area contributed by atoms with E-state index in [9.17, 15) is 18.0 Å². The molecule has 4 nitrogen and oxygen atoms in total. The summed E-state index contributed by atoms with van der Waals surface area (Å²) in [6.07, 6.45) is -4.06. The number of aryl methyl sites for hydroxylation is 1. The third-order valence-corrected chi connectivity index (χ3v) is 4.75. The number of hydrogen-bond donors (Lipinski definition) is 1. The Bertz CT molecular complexity index is 864. The molecule has 0 aliphatic heterocycles. The fourth-order valence-electron chi connectivity index (χ4n) is 2.26. The van der Waals surface area contributed by atoms with Crippen molar-refractivity contribution in [2.75, 3.05) is 12.3 Å². The normalized spacial score (nSPS) is 11.1. The Hall–Kier alpha value is -2.24. The maximum absolute atomic E-state index is 13.1. The molecule has 0 saturated carbocycles. The first-order valence-electron chi connectivity index (χ1n) is 7.83. The van der Waals surface area contributed by atoms with Gasteiger partial charge in [0.1, 0.15) is 11.1 Å². The van der Waals surface area contributed by atoms with E-state index in [4.69, 9.17) is 16.9 Å². The van der Waals surface area contributed by atoms with Crippen molar-refractivity contribution in [3.8, 4) is 6.07 Å². The average Bonchev–Trinajstić information content (AvgIpc) is 2.60. The maximum atomic E-state index is 13.1. The SMILES string of the molecule is Cc1cc(C(F)(F)F)c(C#N)c(SCC(=O)NCCc2ccc(Cl)cc2)n1. The molecule has 0 aliphatic carbocycles. The highest BCUT2D eigenvalue weighted by molar-refractivity contribution is 8.00. The standard InChI is InChI=1S/C18H15ClF3N3OS/c1-11-8-15(18(20,21)22)14(9-23)17(25-11)27-10-16(26)24-7-6-12-2-4-13(19)5-3-12/h2-5,8H,6-7,10H2,1H3,(H,24,26). The Morgan fingerprint density at radius 3 is 2.59 bits per heavy atom. The van der Waals surface area contributed by atoms with Crippen molar-refractivity contribution in [1.29, 1.82) is 5.26 Å². The summed E-state index contributed by atoms with van der Waals surface area (Å²) < 4.78 is 39.2. The molecule has 1 N–H and O–H groups in total. The monoisotopic (exact) mass is 413 g/mol. The maximum Gasteiger partial charge on any atom is 0.417 e. The van der Waals surface area contributed by atoms with Crippen molar-refractivity contribution < 1.29 is 18.0 Å². The van der Waals surface area contributed by atoms with Crippen LogP contribution in [0.3, 0.4) is 0 Å². The molecule has 0 radical (unpaired) electrons. The number of amides is 1. The van der Waals surface area contributed by atoms with Gasteiger partial charge in [-0.2, -0.15) is 18.4 Å². The predicted octanol–water partition coefficient (Wildman–Crippen LogP) is 4.38. The van der Waals surface area contributed by atoms with E-state index >= 15 is 0 Å². The minimum Gasteiger partial charge on any atom is -0.355 e. The third kappa shape index (κ3) is 6.15. The molecule has 1 aromatic heterocycles. The number of halogens is 4. The second-order valence-electron chi connectivity index (χ2n) is 5.62. The van der Waals surface area contributed by atoms with Crippen molar-refractivity contribution in [3.05, 3.63) is 57.7 Å². The van der Waals surface area contributed by atoms with E-state index < -0.39 is 17.3 Å². The number of hydrogen-bond acceptors (Lipinski definition) is 4. The molecule has 0 aliphatic rings. The van der Waals surface area contributed by atoms with E-state index in [2.05, 4.69) is 10.3 Å². The lowest BCUT2D eigenvalue weighted by molar-refractivity contribution is -0.138. The Kier molecular flexibility index (Phi) is 7.11. The van der Waals surface area contributed by atoms with Crippen molar-refractivity contribution in [2.45, 2.75) is 24.5 Å².